The summed E-state index contributed by atoms with van der Waals surface area (Å²) in [5, 5.41) is 3.64. The number of hydrogen-bond donors (Lipinski definition) is 1. The van der Waals surface area contributed by atoms with Gasteiger partial charge in [-0.3, -0.25) is 9.69 Å². The number of benzene rings is 2. The summed E-state index contributed by atoms with van der Waals surface area (Å²) >= 11 is 7.05. The maximum Gasteiger partial charge on any atom is 0.243 e. The lowest BCUT2D eigenvalue weighted by Gasteiger charge is -2.29. The number of fused-ring (bicyclic) bond motifs is 1. The van der Waals surface area contributed by atoms with Crippen molar-refractivity contribution in [1.82, 2.24) is 0 Å². The molecule has 0 bridgehead atoms. The fourth-order valence-electron chi connectivity index (χ4n) is 2.38. The van der Waals surface area contributed by atoms with E-state index in [1.807, 2.05) is 43.3 Å². The molecule has 0 atom stereocenters. The SMILES string of the molecule is Cc1cccc(NC(=S)N2C(=O)CSc3ccccc32)c1C. The van der Waals surface area contributed by atoms with Crippen molar-refractivity contribution in [3.05, 3.63) is 53.6 Å². The zero-order valence-corrected chi connectivity index (χ0v) is 14.1. The number of thioether (sulfide) groups is 1. The number of carbonyl (C=O) groups excluding carboxylic acids is 1. The monoisotopic (exact) mass is 328 g/mol. The lowest BCUT2D eigenvalue weighted by atomic mass is 10.1. The van der Waals surface area contributed by atoms with E-state index in [2.05, 4.69) is 18.3 Å². The van der Waals surface area contributed by atoms with E-state index in [9.17, 15) is 4.79 Å². The number of rotatable bonds is 1. The number of amides is 1. The molecule has 0 fully saturated rings. The number of para-hydroxylation sites is 1. The van der Waals surface area contributed by atoms with Crippen molar-refractivity contribution < 1.29 is 4.79 Å². The van der Waals surface area contributed by atoms with Crippen LogP contribution in [0.5, 0.6) is 0 Å². The zero-order valence-electron chi connectivity index (χ0n) is 12.4. The number of aryl methyl sites for hydroxylation is 1. The van der Waals surface area contributed by atoms with E-state index in [1.54, 1.807) is 16.7 Å². The van der Waals surface area contributed by atoms with E-state index >= 15 is 0 Å². The van der Waals surface area contributed by atoms with Gasteiger partial charge in [-0.15, -0.1) is 11.8 Å². The van der Waals surface area contributed by atoms with Crippen molar-refractivity contribution in [2.45, 2.75) is 18.7 Å². The number of anilines is 2. The Bertz CT molecular complexity index is 758. The van der Waals surface area contributed by atoms with Crippen LogP contribution in [-0.4, -0.2) is 16.8 Å². The Balaban J connectivity index is 1.92. The topological polar surface area (TPSA) is 32.3 Å². The number of hydrogen-bond acceptors (Lipinski definition) is 3. The van der Waals surface area contributed by atoms with Crippen molar-refractivity contribution in [1.29, 1.82) is 0 Å². The Kier molecular flexibility index (Phi) is 4.18. The van der Waals surface area contributed by atoms with Gasteiger partial charge >= 0.3 is 0 Å². The van der Waals surface area contributed by atoms with Gasteiger partial charge in [0.05, 0.1) is 11.4 Å². The molecule has 1 aliphatic heterocycles. The molecule has 3 rings (SSSR count). The molecule has 0 spiro atoms. The number of thiocarbonyl (C=S) groups is 1. The summed E-state index contributed by atoms with van der Waals surface area (Å²) in [6, 6.07) is 13.9. The Labute approximate surface area is 139 Å². The molecule has 1 N–H and O–H groups in total. The van der Waals surface area contributed by atoms with Gasteiger partial charge in [0.25, 0.3) is 0 Å². The normalized spacial score (nSPS) is 13.7. The van der Waals surface area contributed by atoms with Crippen LogP contribution in [0.4, 0.5) is 11.4 Å². The van der Waals surface area contributed by atoms with Crippen molar-refractivity contribution in [3.63, 3.8) is 0 Å². The van der Waals surface area contributed by atoms with E-state index < -0.39 is 0 Å². The van der Waals surface area contributed by atoms with Gasteiger partial charge in [0, 0.05) is 10.6 Å². The van der Waals surface area contributed by atoms with Gasteiger partial charge in [0.15, 0.2) is 5.11 Å². The molecule has 0 unspecified atom stereocenters. The molecule has 0 aromatic heterocycles. The van der Waals surface area contributed by atoms with Crippen molar-refractivity contribution in [2.24, 2.45) is 0 Å². The molecule has 1 amide bonds. The van der Waals surface area contributed by atoms with Gasteiger partial charge in [0.2, 0.25) is 5.91 Å². The van der Waals surface area contributed by atoms with Crippen molar-refractivity contribution >= 4 is 46.4 Å². The fourth-order valence-corrected chi connectivity index (χ4v) is 3.58. The summed E-state index contributed by atoms with van der Waals surface area (Å²) in [5.74, 6) is 0.414. The first-order valence-electron chi connectivity index (χ1n) is 7.00. The third-order valence-electron chi connectivity index (χ3n) is 3.76. The quantitative estimate of drug-likeness (QED) is 0.798. The van der Waals surface area contributed by atoms with E-state index in [1.165, 1.54) is 5.56 Å². The Morgan fingerprint density at radius 3 is 2.77 bits per heavy atom. The van der Waals surface area contributed by atoms with Gasteiger partial charge in [-0.25, -0.2) is 0 Å². The third-order valence-corrected chi connectivity index (χ3v) is 5.09. The smallest absolute Gasteiger partial charge is 0.243 e. The molecule has 1 aliphatic rings. The fraction of sp³-hybridized carbons (Fsp3) is 0.176. The Morgan fingerprint density at radius 2 is 1.95 bits per heavy atom. The first kappa shape index (κ1) is 15.1. The third kappa shape index (κ3) is 2.74. The van der Waals surface area contributed by atoms with Gasteiger partial charge in [-0.2, -0.15) is 0 Å². The second-order valence-corrected chi connectivity index (χ2v) is 6.57. The molecule has 5 heteroatoms. The number of nitrogens with zero attached hydrogens (tertiary/aromatic N) is 1. The minimum Gasteiger partial charge on any atom is -0.332 e. The highest BCUT2D eigenvalue weighted by Gasteiger charge is 2.27. The summed E-state index contributed by atoms with van der Waals surface area (Å²) in [5.41, 5.74) is 4.12. The standard InChI is InChI=1S/C17H16N2OS2/c1-11-6-5-7-13(12(11)2)18-17(21)19-14-8-3-4-9-15(14)22-10-16(19)20/h3-9H,10H2,1-2H3,(H,18,21). The molecule has 0 saturated heterocycles. The number of nitrogens with one attached hydrogen (secondary N) is 1. The zero-order chi connectivity index (χ0) is 15.7. The molecule has 112 valence electrons. The molecular weight excluding hydrogens is 312 g/mol. The number of carbonyl (C=O) groups is 1. The van der Waals surface area contributed by atoms with E-state index in [4.69, 9.17) is 12.2 Å². The van der Waals surface area contributed by atoms with Crippen LogP contribution in [0.1, 0.15) is 11.1 Å². The molecule has 0 aliphatic carbocycles. The molecule has 2 aromatic rings. The molecule has 22 heavy (non-hydrogen) atoms. The lowest BCUT2D eigenvalue weighted by Crippen LogP contribution is -2.43. The van der Waals surface area contributed by atoms with Gasteiger partial charge in [0.1, 0.15) is 0 Å². The van der Waals surface area contributed by atoms with Crippen LogP contribution >= 0.6 is 24.0 Å². The largest absolute Gasteiger partial charge is 0.332 e. The highest BCUT2D eigenvalue weighted by Crippen LogP contribution is 2.35. The summed E-state index contributed by atoms with van der Waals surface area (Å²) in [7, 11) is 0. The predicted octanol–water partition coefficient (Wildman–Crippen LogP) is 4.14. The van der Waals surface area contributed by atoms with Gasteiger partial charge in [-0.1, -0.05) is 24.3 Å². The average Bonchev–Trinajstić information content (AvgIpc) is 2.51. The van der Waals surface area contributed by atoms with Crippen LogP contribution in [0.3, 0.4) is 0 Å². The second-order valence-electron chi connectivity index (χ2n) is 5.16. The first-order chi connectivity index (χ1) is 10.6. The molecule has 3 nitrogen and oxygen atoms in total. The van der Waals surface area contributed by atoms with Crippen LogP contribution in [0.15, 0.2) is 47.4 Å². The minimum atomic E-state index is 0.00602. The lowest BCUT2D eigenvalue weighted by molar-refractivity contribution is -0.115. The summed E-state index contributed by atoms with van der Waals surface area (Å²) < 4.78 is 0. The summed E-state index contributed by atoms with van der Waals surface area (Å²) in [4.78, 5) is 15.0. The van der Waals surface area contributed by atoms with E-state index in [0.717, 1.165) is 21.8 Å². The van der Waals surface area contributed by atoms with Gasteiger partial charge < -0.3 is 5.32 Å². The Morgan fingerprint density at radius 1 is 1.18 bits per heavy atom. The minimum absolute atomic E-state index is 0.00602. The highest BCUT2D eigenvalue weighted by atomic mass is 32.2. The Hall–Kier alpha value is -1.85. The maximum atomic E-state index is 12.3. The molecule has 2 aromatic carbocycles. The highest BCUT2D eigenvalue weighted by molar-refractivity contribution is 8.00. The van der Waals surface area contributed by atoms with Crippen LogP contribution < -0.4 is 10.2 Å². The van der Waals surface area contributed by atoms with Crippen LogP contribution in [0, 0.1) is 13.8 Å². The first-order valence-corrected chi connectivity index (χ1v) is 8.39. The van der Waals surface area contributed by atoms with Crippen LogP contribution in [-0.2, 0) is 4.79 Å². The second kappa shape index (κ2) is 6.10. The molecule has 0 radical (unpaired) electrons. The van der Waals surface area contributed by atoms with Crippen molar-refractivity contribution in [2.75, 3.05) is 16.0 Å². The maximum absolute atomic E-state index is 12.3. The average molecular weight is 328 g/mol. The van der Waals surface area contributed by atoms with Crippen molar-refractivity contribution in [3.8, 4) is 0 Å². The predicted molar refractivity (Wildman–Crippen MR) is 96.8 cm³/mol. The summed E-state index contributed by atoms with van der Waals surface area (Å²) in [6.45, 7) is 4.10. The van der Waals surface area contributed by atoms with Gasteiger partial charge in [-0.05, 0) is 55.4 Å². The van der Waals surface area contributed by atoms with Crippen LogP contribution in [0.2, 0.25) is 0 Å². The van der Waals surface area contributed by atoms with E-state index in [0.29, 0.717) is 10.9 Å². The molecule has 0 saturated carbocycles. The molecule has 1 heterocycles. The van der Waals surface area contributed by atoms with Crippen LogP contribution in [0.25, 0.3) is 0 Å². The summed E-state index contributed by atoms with van der Waals surface area (Å²) in [6.07, 6.45) is 0. The van der Waals surface area contributed by atoms with E-state index in [-0.39, 0.29) is 5.91 Å². The molecular formula is C17H16N2OS2.